The molecule has 26 heavy (non-hydrogen) atoms. The number of aliphatic imine (C=N–C) groups is 1. The molecule has 2 N–H and O–H groups in total. The van der Waals surface area contributed by atoms with Crippen LogP contribution in [0, 0.1) is 16.7 Å². The highest BCUT2D eigenvalue weighted by molar-refractivity contribution is 5.80. The van der Waals surface area contributed by atoms with Gasteiger partial charge in [-0.05, 0) is 50.9 Å². The van der Waals surface area contributed by atoms with Crippen LogP contribution in [0.1, 0.15) is 64.7 Å². The highest BCUT2D eigenvalue weighted by Crippen LogP contribution is 2.62. The number of guanidine groups is 1. The van der Waals surface area contributed by atoms with Gasteiger partial charge in [-0.1, -0.05) is 19.3 Å². The number of rotatable bonds is 7. The van der Waals surface area contributed by atoms with Crippen LogP contribution in [-0.2, 0) is 9.47 Å². The SMILES string of the molecule is CCNC(=NCC1(CCOC)CCCC1)NC1C2CCOC2C12CCC2. The summed E-state index contributed by atoms with van der Waals surface area (Å²) in [6.45, 7) is 5.81. The van der Waals surface area contributed by atoms with E-state index in [1.807, 2.05) is 7.11 Å². The standard InChI is InChI=1S/C21H37N3O2/c1-3-22-19(23-15-20(12-14-25-2)8-4-5-9-20)24-17-16-7-13-26-18(16)21(17)10-6-11-21/h16-18H,3-15H2,1-2H3,(H2,22,23,24). The zero-order valence-electron chi connectivity index (χ0n) is 16.7. The van der Waals surface area contributed by atoms with Gasteiger partial charge >= 0.3 is 0 Å². The van der Waals surface area contributed by atoms with Gasteiger partial charge in [0.05, 0.1) is 6.10 Å². The molecule has 4 aliphatic rings. The van der Waals surface area contributed by atoms with E-state index in [2.05, 4.69) is 17.6 Å². The highest BCUT2D eigenvalue weighted by Gasteiger charge is 2.66. The van der Waals surface area contributed by atoms with Crippen molar-refractivity contribution in [3.8, 4) is 0 Å². The first-order valence-corrected chi connectivity index (χ1v) is 10.9. The zero-order chi connectivity index (χ0) is 18.0. The summed E-state index contributed by atoms with van der Waals surface area (Å²) in [4.78, 5) is 5.08. The molecule has 1 aliphatic heterocycles. The topological polar surface area (TPSA) is 54.9 Å². The minimum absolute atomic E-state index is 0.352. The van der Waals surface area contributed by atoms with Crippen molar-refractivity contribution in [1.29, 1.82) is 0 Å². The molecule has 0 aromatic carbocycles. The second-order valence-corrected chi connectivity index (χ2v) is 9.10. The maximum Gasteiger partial charge on any atom is 0.191 e. The number of nitrogens with zero attached hydrogens (tertiary/aromatic N) is 1. The van der Waals surface area contributed by atoms with Crippen molar-refractivity contribution >= 4 is 5.96 Å². The summed E-state index contributed by atoms with van der Waals surface area (Å²) in [7, 11) is 1.81. The van der Waals surface area contributed by atoms with Crippen LogP contribution in [0.5, 0.6) is 0 Å². The van der Waals surface area contributed by atoms with E-state index in [-0.39, 0.29) is 0 Å². The third kappa shape index (κ3) is 3.15. The zero-order valence-corrected chi connectivity index (χ0v) is 16.7. The number of nitrogens with one attached hydrogen (secondary N) is 2. The average Bonchev–Trinajstić information content (AvgIpc) is 3.23. The first-order valence-electron chi connectivity index (χ1n) is 10.9. The molecule has 1 saturated heterocycles. The molecular formula is C21H37N3O2. The maximum atomic E-state index is 6.07. The Labute approximate surface area is 158 Å². The lowest BCUT2D eigenvalue weighted by molar-refractivity contribution is -0.171. The molecule has 1 heterocycles. The molecule has 3 saturated carbocycles. The van der Waals surface area contributed by atoms with Crippen molar-refractivity contribution in [2.45, 2.75) is 76.9 Å². The van der Waals surface area contributed by atoms with Gasteiger partial charge in [-0.2, -0.15) is 0 Å². The quantitative estimate of drug-likeness (QED) is 0.539. The average molecular weight is 364 g/mol. The number of ether oxygens (including phenoxy) is 2. The lowest BCUT2D eigenvalue weighted by Gasteiger charge is -2.63. The Bertz CT molecular complexity index is 511. The molecule has 3 unspecified atom stereocenters. The molecule has 3 atom stereocenters. The number of fused-ring (bicyclic) bond motifs is 2. The van der Waals surface area contributed by atoms with Gasteiger partial charge in [-0.3, -0.25) is 4.99 Å². The highest BCUT2D eigenvalue weighted by atomic mass is 16.5. The Morgan fingerprint density at radius 2 is 2.00 bits per heavy atom. The van der Waals surface area contributed by atoms with Gasteiger partial charge in [0.1, 0.15) is 0 Å². The summed E-state index contributed by atoms with van der Waals surface area (Å²) in [5.41, 5.74) is 0.754. The molecule has 0 aromatic rings. The Kier molecular flexibility index (Phi) is 5.47. The molecule has 0 radical (unpaired) electrons. The van der Waals surface area contributed by atoms with Gasteiger partial charge in [0.25, 0.3) is 0 Å². The molecule has 0 aromatic heterocycles. The Morgan fingerprint density at radius 1 is 1.19 bits per heavy atom. The fourth-order valence-corrected chi connectivity index (χ4v) is 6.10. The summed E-state index contributed by atoms with van der Waals surface area (Å²) >= 11 is 0. The summed E-state index contributed by atoms with van der Waals surface area (Å²) in [6.07, 6.45) is 12.1. The van der Waals surface area contributed by atoms with Crippen LogP contribution in [-0.4, -0.2) is 51.5 Å². The van der Waals surface area contributed by atoms with E-state index in [0.29, 0.717) is 28.9 Å². The van der Waals surface area contributed by atoms with Crippen LogP contribution in [0.15, 0.2) is 4.99 Å². The first kappa shape index (κ1) is 18.5. The molecular weight excluding hydrogens is 326 g/mol. The van der Waals surface area contributed by atoms with Gasteiger partial charge in [0, 0.05) is 50.8 Å². The van der Waals surface area contributed by atoms with Crippen molar-refractivity contribution in [2.75, 3.05) is 33.4 Å². The van der Waals surface area contributed by atoms with E-state index in [1.165, 1.54) is 51.4 Å². The third-order valence-electron chi connectivity index (χ3n) is 7.75. The van der Waals surface area contributed by atoms with Gasteiger partial charge in [0.2, 0.25) is 0 Å². The van der Waals surface area contributed by atoms with Gasteiger partial charge in [-0.25, -0.2) is 0 Å². The molecule has 148 valence electrons. The van der Waals surface area contributed by atoms with E-state index >= 15 is 0 Å². The summed E-state index contributed by atoms with van der Waals surface area (Å²) in [6, 6.07) is 0.556. The van der Waals surface area contributed by atoms with Gasteiger partial charge < -0.3 is 20.1 Å². The maximum absolute atomic E-state index is 6.07. The Morgan fingerprint density at radius 3 is 2.65 bits per heavy atom. The normalized spacial score (nSPS) is 34.2. The fourth-order valence-electron chi connectivity index (χ4n) is 6.10. The second-order valence-electron chi connectivity index (χ2n) is 9.10. The van der Waals surface area contributed by atoms with Crippen LogP contribution >= 0.6 is 0 Å². The predicted molar refractivity (Wildman–Crippen MR) is 104 cm³/mol. The monoisotopic (exact) mass is 363 g/mol. The van der Waals surface area contributed by atoms with E-state index in [4.69, 9.17) is 14.5 Å². The van der Waals surface area contributed by atoms with Crippen LogP contribution < -0.4 is 10.6 Å². The van der Waals surface area contributed by atoms with Crippen molar-refractivity contribution in [3.05, 3.63) is 0 Å². The van der Waals surface area contributed by atoms with Crippen LogP contribution in [0.4, 0.5) is 0 Å². The molecule has 0 amide bonds. The second kappa shape index (κ2) is 7.67. The van der Waals surface area contributed by atoms with Crippen molar-refractivity contribution in [3.63, 3.8) is 0 Å². The first-order chi connectivity index (χ1) is 12.7. The fraction of sp³-hybridized carbons (Fsp3) is 0.952. The largest absolute Gasteiger partial charge is 0.385 e. The number of hydrogen-bond donors (Lipinski definition) is 2. The van der Waals surface area contributed by atoms with E-state index < -0.39 is 0 Å². The molecule has 4 rings (SSSR count). The van der Waals surface area contributed by atoms with Crippen molar-refractivity contribution in [2.24, 2.45) is 21.7 Å². The van der Waals surface area contributed by atoms with Crippen LogP contribution in [0.3, 0.4) is 0 Å². The van der Waals surface area contributed by atoms with Crippen molar-refractivity contribution < 1.29 is 9.47 Å². The lowest BCUT2D eigenvalue weighted by Crippen LogP contribution is -2.72. The smallest absolute Gasteiger partial charge is 0.191 e. The molecule has 5 heteroatoms. The predicted octanol–water partition coefficient (Wildman–Crippen LogP) is 3.10. The van der Waals surface area contributed by atoms with Crippen LogP contribution in [0.2, 0.25) is 0 Å². The van der Waals surface area contributed by atoms with Gasteiger partial charge in [-0.15, -0.1) is 0 Å². The summed E-state index contributed by atoms with van der Waals surface area (Å²) in [5, 5.41) is 7.36. The molecule has 0 bridgehead atoms. The lowest BCUT2D eigenvalue weighted by atomic mass is 9.46. The minimum atomic E-state index is 0.352. The molecule has 5 nitrogen and oxygen atoms in total. The Balaban J connectivity index is 1.43. The molecule has 1 spiro atoms. The van der Waals surface area contributed by atoms with E-state index in [1.54, 1.807) is 0 Å². The molecule has 3 aliphatic carbocycles. The van der Waals surface area contributed by atoms with Gasteiger partial charge in [0.15, 0.2) is 5.96 Å². The van der Waals surface area contributed by atoms with E-state index in [9.17, 15) is 0 Å². The summed E-state index contributed by atoms with van der Waals surface area (Å²) < 4.78 is 11.4. The Hall–Kier alpha value is -0.810. The third-order valence-corrected chi connectivity index (χ3v) is 7.75. The van der Waals surface area contributed by atoms with Crippen LogP contribution in [0.25, 0.3) is 0 Å². The number of methoxy groups -OCH3 is 1. The van der Waals surface area contributed by atoms with E-state index in [0.717, 1.165) is 38.7 Å². The number of hydrogen-bond acceptors (Lipinski definition) is 3. The van der Waals surface area contributed by atoms with Crippen molar-refractivity contribution in [1.82, 2.24) is 10.6 Å². The molecule has 4 fully saturated rings. The minimum Gasteiger partial charge on any atom is -0.385 e. The summed E-state index contributed by atoms with van der Waals surface area (Å²) in [5.74, 6) is 1.71.